The molecule has 0 rings (SSSR count). The largest absolute Gasteiger partial charge is 0.385 e. The third kappa shape index (κ3) is 4.18. The molecule has 0 bridgehead atoms. The van der Waals surface area contributed by atoms with E-state index in [4.69, 9.17) is 5.73 Å². The maximum atomic E-state index is 9.29. The van der Waals surface area contributed by atoms with E-state index in [1.54, 1.807) is 13.0 Å². The second-order valence-corrected chi connectivity index (χ2v) is 2.78. The zero-order chi connectivity index (χ0) is 7.49. The van der Waals surface area contributed by atoms with E-state index in [2.05, 4.69) is 0 Å². The number of nitrogens with two attached hydrogens (primary N) is 1. The monoisotopic (exact) mass is 129 g/mol. The lowest BCUT2D eigenvalue weighted by molar-refractivity contribution is 0.120. The van der Waals surface area contributed by atoms with Crippen molar-refractivity contribution in [2.45, 2.75) is 26.4 Å². The first-order chi connectivity index (χ1) is 3.98. The van der Waals surface area contributed by atoms with Crippen LogP contribution in [0.15, 0.2) is 11.6 Å². The van der Waals surface area contributed by atoms with Gasteiger partial charge in [0.15, 0.2) is 0 Å². The highest BCUT2D eigenvalue weighted by molar-refractivity contribution is 5.05. The Balaban J connectivity index is 4.01. The van der Waals surface area contributed by atoms with Crippen molar-refractivity contribution in [2.24, 2.45) is 5.73 Å². The lowest BCUT2D eigenvalue weighted by Gasteiger charge is -2.15. The second-order valence-electron chi connectivity index (χ2n) is 2.78. The Morgan fingerprint density at radius 1 is 1.67 bits per heavy atom. The molecular formula is C7H15NO. The molecule has 0 aromatic rings. The highest BCUT2D eigenvalue weighted by Crippen LogP contribution is 2.05. The smallest absolute Gasteiger partial charge is 0.0923 e. The Hall–Kier alpha value is -0.340. The summed E-state index contributed by atoms with van der Waals surface area (Å²) in [4.78, 5) is 0. The van der Waals surface area contributed by atoms with Crippen LogP contribution in [0.5, 0.6) is 0 Å². The molecule has 0 aliphatic rings. The molecule has 0 spiro atoms. The van der Waals surface area contributed by atoms with Crippen molar-refractivity contribution in [2.75, 3.05) is 6.54 Å². The summed E-state index contributed by atoms with van der Waals surface area (Å²) in [6, 6.07) is 0. The van der Waals surface area contributed by atoms with Crippen LogP contribution in [-0.2, 0) is 0 Å². The van der Waals surface area contributed by atoms with Crippen molar-refractivity contribution >= 4 is 0 Å². The van der Waals surface area contributed by atoms with Gasteiger partial charge >= 0.3 is 0 Å². The standard InChI is InChI=1S/C7H15NO/c1-6(2)4-7(3,9)5-8/h4,9H,5,8H2,1-3H3. The minimum absolute atomic E-state index is 0.276. The van der Waals surface area contributed by atoms with Gasteiger partial charge in [-0.05, 0) is 20.8 Å². The van der Waals surface area contributed by atoms with E-state index in [-0.39, 0.29) is 6.54 Å². The van der Waals surface area contributed by atoms with Crippen LogP contribution in [0.4, 0.5) is 0 Å². The minimum Gasteiger partial charge on any atom is -0.385 e. The van der Waals surface area contributed by atoms with E-state index in [9.17, 15) is 5.11 Å². The van der Waals surface area contributed by atoms with Gasteiger partial charge in [-0.1, -0.05) is 11.6 Å². The summed E-state index contributed by atoms with van der Waals surface area (Å²) in [5, 5.41) is 9.29. The number of hydrogen-bond donors (Lipinski definition) is 2. The van der Waals surface area contributed by atoms with Gasteiger partial charge in [0.25, 0.3) is 0 Å². The fourth-order valence-electron chi connectivity index (χ4n) is 0.681. The van der Waals surface area contributed by atoms with Crippen LogP contribution < -0.4 is 5.73 Å². The fraction of sp³-hybridized carbons (Fsp3) is 0.714. The summed E-state index contributed by atoms with van der Waals surface area (Å²) in [6.45, 7) is 5.84. The second kappa shape index (κ2) is 2.99. The topological polar surface area (TPSA) is 46.2 Å². The van der Waals surface area contributed by atoms with E-state index >= 15 is 0 Å². The zero-order valence-corrected chi connectivity index (χ0v) is 6.31. The molecule has 3 N–H and O–H groups in total. The van der Waals surface area contributed by atoms with Gasteiger partial charge in [0.1, 0.15) is 0 Å². The maximum absolute atomic E-state index is 9.29. The van der Waals surface area contributed by atoms with Gasteiger partial charge in [-0.3, -0.25) is 0 Å². The molecular weight excluding hydrogens is 114 g/mol. The van der Waals surface area contributed by atoms with Crippen molar-refractivity contribution in [3.8, 4) is 0 Å². The molecule has 0 radical (unpaired) electrons. The zero-order valence-electron chi connectivity index (χ0n) is 6.31. The fourth-order valence-corrected chi connectivity index (χ4v) is 0.681. The van der Waals surface area contributed by atoms with Crippen LogP contribution in [0.2, 0.25) is 0 Å². The van der Waals surface area contributed by atoms with E-state index in [0.29, 0.717) is 0 Å². The van der Waals surface area contributed by atoms with Crippen LogP contribution in [0, 0.1) is 0 Å². The van der Waals surface area contributed by atoms with Gasteiger partial charge < -0.3 is 10.8 Å². The molecule has 0 saturated carbocycles. The summed E-state index contributed by atoms with van der Waals surface area (Å²) in [5.74, 6) is 0. The first-order valence-electron chi connectivity index (χ1n) is 3.06. The molecule has 1 atom stereocenters. The van der Waals surface area contributed by atoms with Crippen molar-refractivity contribution in [1.29, 1.82) is 0 Å². The number of rotatable bonds is 2. The Bertz CT molecular complexity index is 112. The average molecular weight is 129 g/mol. The molecule has 0 aliphatic heterocycles. The molecule has 0 saturated heterocycles. The highest BCUT2D eigenvalue weighted by Gasteiger charge is 2.12. The molecule has 9 heavy (non-hydrogen) atoms. The van der Waals surface area contributed by atoms with E-state index in [1.165, 1.54) is 0 Å². The van der Waals surface area contributed by atoms with Gasteiger partial charge in [0.2, 0.25) is 0 Å². The summed E-state index contributed by atoms with van der Waals surface area (Å²) >= 11 is 0. The summed E-state index contributed by atoms with van der Waals surface area (Å²) in [6.07, 6.45) is 1.76. The van der Waals surface area contributed by atoms with Crippen molar-refractivity contribution in [3.63, 3.8) is 0 Å². The van der Waals surface area contributed by atoms with Gasteiger partial charge in [-0.2, -0.15) is 0 Å². The first-order valence-corrected chi connectivity index (χ1v) is 3.06. The predicted molar refractivity (Wildman–Crippen MR) is 39.1 cm³/mol. The Morgan fingerprint density at radius 2 is 2.11 bits per heavy atom. The van der Waals surface area contributed by atoms with E-state index < -0.39 is 5.60 Å². The quantitative estimate of drug-likeness (QED) is 0.538. The number of allylic oxidation sites excluding steroid dienone is 1. The number of hydrogen-bond acceptors (Lipinski definition) is 2. The molecule has 0 aromatic heterocycles. The van der Waals surface area contributed by atoms with Crippen LogP contribution in [0.3, 0.4) is 0 Å². The molecule has 54 valence electrons. The van der Waals surface area contributed by atoms with Crippen LogP contribution in [0.1, 0.15) is 20.8 Å². The third-order valence-electron chi connectivity index (χ3n) is 1.01. The van der Waals surface area contributed by atoms with Crippen molar-refractivity contribution in [3.05, 3.63) is 11.6 Å². The normalized spacial score (nSPS) is 16.6. The molecule has 0 aromatic carbocycles. The van der Waals surface area contributed by atoms with E-state index in [1.807, 2.05) is 13.8 Å². The van der Waals surface area contributed by atoms with Crippen LogP contribution in [0.25, 0.3) is 0 Å². The van der Waals surface area contributed by atoms with Crippen molar-refractivity contribution in [1.82, 2.24) is 0 Å². The molecule has 0 aliphatic carbocycles. The van der Waals surface area contributed by atoms with Gasteiger partial charge in [0, 0.05) is 6.54 Å². The summed E-state index contributed by atoms with van der Waals surface area (Å²) in [7, 11) is 0. The summed E-state index contributed by atoms with van der Waals surface area (Å²) < 4.78 is 0. The van der Waals surface area contributed by atoms with Crippen molar-refractivity contribution < 1.29 is 5.11 Å². The Morgan fingerprint density at radius 3 is 2.22 bits per heavy atom. The van der Waals surface area contributed by atoms with Gasteiger partial charge in [-0.25, -0.2) is 0 Å². The van der Waals surface area contributed by atoms with Crippen LogP contribution >= 0.6 is 0 Å². The molecule has 0 heterocycles. The Kier molecular flexibility index (Phi) is 2.88. The molecule has 0 fully saturated rings. The molecule has 0 amide bonds. The third-order valence-corrected chi connectivity index (χ3v) is 1.01. The molecule has 2 heteroatoms. The highest BCUT2D eigenvalue weighted by atomic mass is 16.3. The van der Waals surface area contributed by atoms with Crippen LogP contribution in [-0.4, -0.2) is 17.3 Å². The Labute approximate surface area is 56.4 Å². The number of aliphatic hydroxyl groups is 1. The lowest BCUT2D eigenvalue weighted by Crippen LogP contribution is -2.31. The minimum atomic E-state index is -0.821. The SMILES string of the molecule is CC(C)=CC(C)(O)CN. The molecule has 2 nitrogen and oxygen atoms in total. The van der Waals surface area contributed by atoms with Gasteiger partial charge in [-0.15, -0.1) is 0 Å². The van der Waals surface area contributed by atoms with Gasteiger partial charge in [0.05, 0.1) is 5.60 Å². The maximum Gasteiger partial charge on any atom is 0.0923 e. The average Bonchev–Trinajstić information content (AvgIpc) is 1.63. The lowest BCUT2D eigenvalue weighted by atomic mass is 10.1. The van der Waals surface area contributed by atoms with E-state index in [0.717, 1.165) is 5.57 Å². The first kappa shape index (κ1) is 8.66. The summed E-state index contributed by atoms with van der Waals surface area (Å²) in [5.41, 5.74) is 5.53. The predicted octanol–water partition coefficient (Wildman–Crippen LogP) is 0.662. The molecule has 1 unspecified atom stereocenters.